The van der Waals surface area contributed by atoms with Crippen molar-refractivity contribution < 1.29 is 9.53 Å². The number of amides is 1. The van der Waals surface area contributed by atoms with Crippen molar-refractivity contribution in [2.45, 2.75) is 45.6 Å². The molecule has 1 amide bonds. The molecule has 0 N–H and O–H groups in total. The lowest BCUT2D eigenvalue weighted by molar-refractivity contribution is 0.0953. The second-order valence-corrected chi connectivity index (χ2v) is 7.40. The molecule has 134 valence electrons. The molecule has 2 aromatic rings. The molecule has 3 rings (SSSR count). The number of fused-ring (bicyclic) bond motifs is 1. The van der Waals surface area contributed by atoms with Crippen molar-refractivity contribution in [3.8, 4) is 11.8 Å². The third-order valence-electron chi connectivity index (χ3n) is 4.96. The Morgan fingerprint density at radius 3 is 2.58 bits per heavy atom. The zero-order valence-corrected chi connectivity index (χ0v) is 15.7. The van der Waals surface area contributed by atoms with Crippen molar-refractivity contribution in [2.75, 3.05) is 11.5 Å². The van der Waals surface area contributed by atoms with Gasteiger partial charge in [-0.2, -0.15) is 5.26 Å². The Bertz CT molecular complexity index is 863. The molecule has 4 heteroatoms. The minimum atomic E-state index is -0.301. The van der Waals surface area contributed by atoms with Gasteiger partial charge in [-0.15, -0.1) is 0 Å². The summed E-state index contributed by atoms with van der Waals surface area (Å²) in [5.74, 6) is 1.13. The van der Waals surface area contributed by atoms with E-state index in [0.717, 1.165) is 23.4 Å². The van der Waals surface area contributed by atoms with Gasteiger partial charge < -0.3 is 9.64 Å². The van der Waals surface area contributed by atoms with Crippen LogP contribution in [0.3, 0.4) is 0 Å². The minimum absolute atomic E-state index is 0.0446. The van der Waals surface area contributed by atoms with Gasteiger partial charge >= 0.3 is 0 Å². The van der Waals surface area contributed by atoms with Crippen molar-refractivity contribution in [3.05, 3.63) is 59.2 Å². The van der Waals surface area contributed by atoms with Crippen LogP contribution in [0.2, 0.25) is 0 Å². The fourth-order valence-electron chi connectivity index (χ4n) is 3.86. The average Bonchev–Trinajstić information content (AvgIpc) is 2.61. The molecule has 1 unspecified atom stereocenters. The van der Waals surface area contributed by atoms with E-state index >= 15 is 0 Å². The van der Waals surface area contributed by atoms with E-state index in [2.05, 4.69) is 32.9 Å². The summed E-state index contributed by atoms with van der Waals surface area (Å²) < 4.78 is 5.64. The molecule has 1 atom stereocenters. The van der Waals surface area contributed by atoms with E-state index in [9.17, 15) is 4.79 Å². The van der Waals surface area contributed by atoms with E-state index in [4.69, 9.17) is 10.00 Å². The molecule has 2 aromatic carbocycles. The molecule has 0 aliphatic carbocycles. The smallest absolute Gasteiger partial charge is 0.258 e. The van der Waals surface area contributed by atoms with Crippen molar-refractivity contribution in [3.63, 3.8) is 0 Å². The number of hydrogen-bond donors (Lipinski definition) is 0. The molecule has 1 aliphatic heterocycles. The van der Waals surface area contributed by atoms with Crippen LogP contribution in [-0.2, 0) is 0 Å². The molecule has 1 heterocycles. The molecule has 0 spiro atoms. The van der Waals surface area contributed by atoms with E-state index < -0.39 is 0 Å². The Balaban J connectivity index is 2.06. The van der Waals surface area contributed by atoms with Crippen LogP contribution in [0.25, 0.3) is 0 Å². The summed E-state index contributed by atoms with van der Waals surface area (Å²) >= 11 is 0. The van der Waals surface area contributed by atoms with Crippen LogP contribution in [0.4, 0.5) is 5.69 Å². The van der Waals surface area contributed by atoms with Gasteiger partial charge in [0.05, 0.1) is 18.2 Å². The van der Waals surface area contributed by atoms with Crippen molar-refractivity contribution in [2.24, 2.45) is 0 Å². The molecule has 0 fully saturated rings. The first-order valence-corrected chi connectivity index (χ1v) is 8.99. The van der Waals surface area contributed by atoms with Crippen LogP contribution in [-0.4, -0.2) is 18.1 Å². The summed E-state index contributed by atoms with van der Waals surface area (Å²) in [6.07, 6.45) is 0.873. The highest BCUT2D eigenvalue weighted by Gasteiger charge is 2.40. The summed E-state index contributed by atoms with van der Waals surface area (Å²) in [6.45, 7) is 8.98. The number of nitriles is 1. The Hall–Kier alpha value is -2.80. The standard InChI is InChI=1S/C22H24N2O2/c1-5-26-18-10-11-20-19(12-18)15(2)13-22(3,4)24(20)21(25)17-8-6-16(14-23)7-9-17/h6-12,15H,5,13H2,1-4H3. The van der Waals surface area contributed by atoms with Crippen LogP contribution in [0.5, 0.6) is 5.75 Å². The lowest BCUT2D eigenvalue weighted by Gasteiger charge is -2.46. The fraction of sp³-hybridized carbons (Fsp3) is 0.364. The molecular formula is C22H24N2O2. The Morgan fingerprint density at radius 1 is 1.27 bits per heavy atom. The third kappa shape index (κ3) is 3.17. The second kappa shape index (κ2) is 6.84. The summed E-state index contributed by atoms with van der Waals surface area (Å²) in [4.78, 5) is 15.2. The van der Waals surface area contributed by atoms with E-state index in [1.54, 1.807) is 24.3 Å². The normalized spacial score (nSPS) is 18.0. The van der Waals surface area contributed by atoms with E-state index in [1.807, 2.05) is 24.0 Å². The molecule has 0 aromatic heterocycles. The minimum Gasteiger partial charge on any atom is -0.494 e. The number of ether oxygens (including phenoxy) is 1. The first-order valence-electron chi connectivity index (χ1n) is 8.99. The van der Waals surface area contributed by atoms with Crippen LogP contribution in [0.15, 0.2) is 42.5 Å². The molecule has 0 bridgehead atoms. The van der Waals surface area contributed by atoms with E-state index in [0.29, 0.717) is 23.7 Å². The highest BCUT2D eigenvalue weighted by atomic mass is 16.5. The van der Waals surface area contributed by atoms with Gasteiger partial charge in [0.1, 0.15) is 5.75 Å². The maximum Gasteiger partial charge on any atom is 0.258 e. The number of benzene rings is 2. The zero-order valence-electron chi connectivity index (χ0n) is 15.7. The Morgan fingerprint density at radius 2 is 1.96 bits per heavy atom. The van der Waals surface area contributed by atoms with Crippen molar-refractivity contribution in [1.29, 1.82) is 5.26 Å². The van der Waals surface area contributed by atoms with Gasteiger partial charge in [0.25, 0.3) is 5.91 Å². The molecule has 4 nitrogen and oxygen atoms in total. The van der Waals surface area contributed by atoms with Gasteiger partial charge in [-0.25, -0.2) is 0 Å². The van der Waals surface area contributed by atoms with E-state index in [1.165, 1.54) is 0 Å². The van der Waals surface area contributed by atoms with Crippen molar-refractivity contribution >= 4 is 11.6 Å². The molecular weight excluding hydrogens is 324 g/mol. The van der Waals surface area contributed by atoms with Gasteiger partial charge in [-0.1, -0.05) is 6.92 Å². The largest absolute Gasteiger partial charge is 0.494 e. The van der Waals surface area contributed by atoms with Crippen LogP contribution >= 0.6 is 0 Å². The van der Waals surface area contributed by atoms with E-state index in [-0.39, 0.29) is 11.4 Å². The van der Waals surface area contributed by atoms with Crippen LogP contribution in [0.1, 0.15) is 61.5 Å². The van der Waals surface area contributed by atoms with Gasteiger partial charge in [-0.05, 0) is 81.1 Å². The maximum atomic E-state index is 13.3. The highest BCUT2D eigenvalue weighted by Crippen LogP contribution is 2.45. The number of nitrogens with zero attached hydrogens (tertiary/aromatic N) is 2. The fourth-order valence-corrected chi connectivity index (χ4v) is 3.86. The second-order valence-electron chi connectivity index (χ2n) is 7.40. The first-order chi connectivity index (χ1) is 12.4. The summed E-state index contributed by atoms with van der Waals surface area (Å²) in [5, 5.41) is 8.97. The predicted octanol–water partition coefficient (Wildman–Crippen LogP) is 4.89. The number of rotatable bonds is 3. The number of carbonyl (C=O) groups is 1. The third-order valence-corrected chi connectivity index (χ3v) is 4.96. The van der Waals surface area contributed by atoms with Crippen molar-refractivity contribution in [1.82, 2.24) is 0 Å². The first kappa shape index (κ1) is 18.0. The van der Waals surface area contributed by atoms with Gasteiger partial charge in [0, 0.05) is 16.8 Å². The van der Waals surface area contributed by atoms with Gasteiger partial charge in [-0.3, -0.25) is 4.79 Å². The Kier molecular flexibility index (Phi) is 4.73. The Labute approximate surface area is 155 Å². The number of hydrogen-bond acceptors (Lipinski definition) is 3. The molecule has 0 saturated heterocycles. The summed E-state index contributed by atoms with van der Waals surface area (Å²) in [5.41, 5.74) is 2.91. The molecule has 1 aliphatic rings. The predicted molar refractivity (Wildman–Crippen MR) is 103 cm³/mol. The zero-order chi connectivity index (χ0) is 18.9. The quantitative estimate of drug-likeness (QED) is 0.793. The maximum absolute atomic E-state index is 13.3. The van der Waals surface area contributed by atoms with Gasteiger partial charge in [0.2, 0.25) is 0 Å². The topological polar surface area (TPSA) is 53.3 Å². The van der Waals surface area contributed by atoms with Gasteiger partial charge in [0.15, 0.2) is 0 Å². The summed E-state index contributed by atoms with van der Waals surface area (Å²) in [7, 11) is 0. The highest BCUT2D eigenvalue weighted by molar-refractivity contribution is 6.08. The number of carbonyl (C=O) groups excluding carboxylic acids is 1. The lowest BCUT2D eigenvalue weighted by atomic mass is 9.79. The SMILES string of the molecule is CCOc1ccc2c(c1)C(C)CC(C)(C)N2C(=O)c1ccc(C#N)cc1. The molecule has 26 heavy (non-hydrogen) atoms. The monoisotopic (exact) mass is 348 g/mol. The average molecular weight is 348 g/mol. The van der Waals surface area contributed by atoms with Crippen LogP contribution in [0, 0.1) is 11.3 Å². The lowest BCUT2D eigenvalue weighted by Crippen LogP contribution is -2.51. The molecule has 0 radical (unpaired) electrons. The summed E-state index contributed by atoms with van der Waals surface area (Å²) in [6, 6.07) is 14.9. The number of anilines is 1. The van der Waals surface area contributed by atoms with Crippen LogP contribution < -0.4 is 9.64 Å². The molecule has 0 saturated carbocycles.